The van der Waals surface area contributed by atoms with E-state index in [0.29, 0.717) is 23.9 Å². The van der Waals surface area contributed by atoms with Crippen molar-refractivity contribution >= 4 is 33.2 Å². The molecular weight excluding hydrogens is 538 g/mol. The van der Waals surface area contributed by atoms with E-state index in [1.165, 1.54) is 35.9 Å². The number of nitrogens with zero attached hydrogens (tertiary/aromatic N) is 2. The quantitative estimate of drug-likeness (QED) is 0.392. The molecule has 3 aromatic carbocycles. The minimum absolute atomic E-state index is 0.0302. The van der Waals surface area contributed by atoms with Gasteiger partial charge in [0, 0.05) is 36.3 Å². The molecule has 3 atom stereocenters. The van der Waals surface area contributed by atoms with Gasteiger partial charge in [0.2, 0.25) is 0 Å². The molecule has 0 saturated heterocycles. The molecule has 0 aromatic heterocycles. The Morgan fingerprint density at radius 3 is 2.49 bits per heavy atom. The number of nitrogens with one attached hydrogen (secondary N) is 1. The second-order valence-electron chi connectivity index (χ2n) is 10.1. The van der Waals surface area contributed by atoms with Gasteiger partial charge in [-0.3, -0.25) is 14.4 Å². The van der Waals surface area contributed by atoms with Gasteiger partial charge in [0.15, 0.2) is 0 Å². The number of aliphatic hydroxyl groups is 1. The Labute approximate surface area is 235 Å². The average Bonchev–Trinajstić information content (AvgIpc) is 2.91. The minimum Gasteiger partial charge on any atom is -0.488 e. The SMILES string of the molecule is C[C@H](CO)N1C[C@H](C)[C@H](CN(C)Cc2ccccc2)Oc2ccc(NS(=O)(=O)c3ccc(Cl)cc3)cc2C1=O. The first kappa shape index (κ1) is 28.9. The topological polar surface area (TPSA) is 99.2 Å². The Morgan fingerprint density at radius 2 is 1.82 bits per heavy atom. The summed E-state index contributed by atoms with van der Waals surface area (Å²) in [5.41, 5.74) is 1.64. The summed E-state index contributed by atoms with van der Waals surface area (Å²) in [6, 6.07) is 20.2. The van der Waals surface area contributed by atoms with Crippen molar-refractivity contribution in [2.75, 3.05) is 31.5 Å². The highest BCUT2D eigenvalue weighted by Crippen LogP contribution is 2.31. The maximum absolute atomic E-state index is 13.7. The van der Waals surface area contributed by atoms with Gasteiger partial charge in [0.1, 0.15) is 11.9 Å². The molecular formula is C29H34ClN3O5S. The first-order chi connectivity index (χ1) is 18.6. The van der Waals surface area contributed by atoms with Crippen LogP contribution in [-0.2, 0) is 16.6 Å². The summed E-state index contributed by atoms with van der Waals surface area (Å²) in [4.78, 5) is 17.5. The summed E-state index contributed by atoms with van der Waals surface area (Å²) < 4.78 is 34.9. The van der Waals surface area contributed by atoms with Crippen molar-refractivity contribution in [2.24, 2.45) is 5.92 Å². The highest BCUT2D eigenvalue weighted by molar-refractivity contribution is 7.92. The summed E-state index contributed by atoms with van der Waals surface area (Å²) in [5, 5.41) is 10.3. The molecule has 0 fully saturated rings. The predicted molar refractivity (Wildman–Crippen MR) is 153 cm³/mol. The van der Waals surface area contributed by atoms with Gasteiger partial charge in [0.25, 0.3) is 15.9 Å². The number of amides is 1. The number of carbonyl (C=O) groups excluding carboxylic acids is 1. The molecule has 0 saturated carbocycles. The number of carbonyl (C=O) groups is 1. The largest absolute Gasteiger partial charge is 0.488 e. The van der Waals surface area contributed by atoms with Gasteiger partial charge in [-0.15, -0.1) is 0 Å². The van der Waals surface area contributed by atoms with Crippen LogP contribution >= 0.6 is 11.6 Å². The van der Waals surface area contributed by atoms with Crippen molar-refractivity contribution in [2.45, 2.75) is 37.4 Å². The van der Waals surface area contributed by atoms with E-state index in [4.69, 9.17) is 16.3 Å². The number of fused-ring (bicyclic) bond motifs is 1. The number of benzene rings is 3. The number of sulfonamides is 1. The summed E-state index contributed by atoms with van der Waals surface area (Å²) in [5.74, 6) is 0.00804. The molecule has 208 valence electrons. The fourth-order valence-corrected chi connectivity index (χ4v) is 5.77. The Morgan fingerprint density at radius 1 is 1.13 bits per heavy atom. The van der Waals surface area contributed by atoms with E-state index in [0.717, 1.165) is 6.54 Å². The fourth-order valence-electron chi connectivity index (χ4n) is 4.60. The van der Waals surface area contributed by atoms with Crippen molar-refractivity contribution in [3.05, 3.63) is 88.9 Å². The number of hydrogen-bond acceptors (Lipinski definition) is 6. The van der Waals surface area contributed by atoms with Crippen LogP contribution < -0.4 is 9.46 Å². The van der Waals surface area contributed by atoms with E-state index in [1.807, 2.05) is 32.2 Å². The van der Waals surface area contributed by atoms with Gasteiger partial charge < -0.3 is 14.7 Å². The molecule has 0 bridgehead atoms. The van der Waals surface area contributed by atoms with Crippen molar-refractivity contribution in [3.8, 4) is 5.75 Å². The molecule has 1 heterocycles. The number of anilines is 1. The lowest BCUT2D eigenvalue weighted by Crippen LogP contribution is -2.49. The maximum Gasteiger partial charge on any atom is 0.261 e. The Bertz CT molecular complexity index is 1390. The molecule has 3 aromatic rings. The maximum atomic E-state index is 13.7. The predicted octanol–water partition coefficient (Wildman–Crippen LogP) is 4.49. The Hall–Kier alpha value is -3.11. The molecule has 4 rings (SSSR count). The highest BCUT2D eigenvalue weighted by atomic mass is 35.5. The second kappa shape index (κ2) is 12.4. The average molecular weight is 572 g/mol. The lowest BCUT2D eigenvalue weighted by atomic mass is 9.99. The molecule has 0 unspecified atom stereocenters. The van der Waals surface area contributed by atoms with Crippen molar-refractivity contribution in [1.29, 1.82) is 0 Å². The summed E-state index contributed by atoms with van der Waals surface area (Å²) in [6.07, 6.45) is -0.254. The Kier molecular flexibility index (Phi) is 9.17. The molecule has 39 heavy (non-hydrogen) atoms. The number of rotatable bonds is 9. The van der Waals surface area contributed by atoms with E-state index < -0.39 is 16.1 Å². The third-order valence-electron chi connectivity index (χ3n) is 6.83. The van der Waals surface area contributed by atoms with Crippen LogP contribution in [0.4, 0.5) is 5.69 Å². The van der Waals surface area contributed by atoms with E-state index in [-0.39, 0.29) is 40.7 Å². The molecule has 1 aliphatic rings. The third-order valence-corrected chi connectivity index (χ3v) is 8.48. The van der Waals surface area contributed by atoms with Crippen LogP contribution in [0.15, 0.2) is 77.7 Å². The van der Waals surface area contributed by atoms with E-state index in [9.17, 15) is 18.3 Å². The molecule has 0 aliphatic carbocycles. The molecule has 0 radical (unpaired) electrons. The van der Waals surface area contributed by atoms with Gasteiger partial charge in [-0.2, -0.15) is 0 Å². The lowest BCUT2D eigenvalue weighted by Gasteiger charge is -2.38. The fraction of sp³-hybridized carbons (Fsp3) is 0.345. The first-order valence-corrected chi connectivity index (χ1v) is 14.7. The van der Waals surface area contributed by atoms with Crippen LogP contribution in [0.2, 0.25) is 5.02 Å². The number of ether oxygens (including phenoxy) is 1. The summed E-state index contributed by atoms with van der Waals surface area (Å²) >= 11 is 5.90. The molecule has 1 amide bonds. The summed E-state index contributed by atoms with van der Waals surface area (Å²) in [6.45, 7) is 5.35. The molecule has 0 spiro atoms. The number of likely N-dealkylation sites (N-methyl/N-ethyl adjacent to an activating group) is 1. The third kappa shape index (κ3) is 7.10. The van der Waals surface area contributed by atoms with Crippen LogP contribution in [0.1, 0.15) is 29.8 Å². The Balaban J connectivity index is 1.63. The van der Waals surface area contributed by atoms with Crippen LogP contribution in [0.5, 0.6) is 5.75 Å². The lowest BCUT2D eigenvalue weighted by molar-refractivity contribution is 0.0341. The molecule has 8 nitrogen and oxygen atoms in total. The summed E-state index contributed by atoms with van der Waals surface area (Å²) in [7, 11) is -1.89. The molecule has 1 aliphatic heterocycles. The number of halogens is 1. The zero-order valence-electron chi connectivity index (χ0n) is 22.2. The minimum atomic E-state index is -3.91. The van der Waals surface area contributed by atoms with Crippen molar-refractivity contribution in [3.63, 3.8) is 0 Å². The van der Waals surface area contributed by atoms with E-state index >= 15 is 0 Å². The van der Waals surface area contributed by atoms with Crippen molar-refractivity contribution in [1.82, 2.24) is 9.80 Å². The normalized spacial score (nSPS) is 18.6. The monoisotopic (exact) mass is 571 g/mol. The second-order valence-corrected chi connectivity index (χ2v) is 12.2. The number of hydrogen-bond donors (Lipinski definition) is 2. The van der Waals surface area contributed by atoms with E-state index in [1.54, 1.807) is 24.0 Å². The van der Waals surface area contributed by atoms with Crippen LogP contribution in [0, 0.1) is 5.92 Å². The highest BCUT2D eigenvalue weighted by Gasteiger charge is 2.33. The molecule has 10 heteroatoms. The van der Waals surface area contributed by atoms with Gasteiger partial charge in [-0.05, 0) is 62.0 Å². The first-order valence-electron chi connectivity index (χ1n) is 12.8. The van der Waals surface area contributed by atoms with Gasteiger partial charge in [-0.25, -0.2) is 8.42 Å². The van der Waals surface area contributed by atoms with Crippen molar-refractivity contribution < 1.29 is 23.1 Å². The smallest absolute Gasteiger partial charge is 0.261 e. The van der Waals surface area contributed by atoms with Crippen LogP contribution in [-0.4, -0.2) is 68.1 Å². The number of aliphatic hydroxyl groups excluding tert-OH is 1. The van der Waals surface area contributed by atoms with Gasteiger partial charge in [-0.1, -0.05) is 48.9 Å². The standard InChI is InChI=1S/C29H34ClN3O5S/c1-20-16-33(21(2)19-34)29(35)26-15-24(31-39(36,37)25-12-9-23(30)10-13-25)11-14-27(26)38-28(20)18-32(3)17-22-7-5-4-6-8-22/h4-15,20-21,28,31,34H,16-19H2,1-3H3/t20-,21+,28-/m0/s1. The zero-order valence-corrected chi connectivity index (χ0v) is 23.8. The zero-order chi connectivity index (χ0) is 28.2. The van der Waals surface area contributed by atoms with Crippen LogP contribution in [0.25, 0.3) is 0 Å². The van der Waals surface area contributed by atoms with Gasteiger partial charge in [0.05, 0.1) is 23.1 Å². The van der Waals surface area contributed by atoms with Gasteiger partial charge >= 0.3 is 0 Å². The van der Waals surface area contributed by atoms with E-state index in [2.05, 4.69) is 21.8 Å². The van der Waals surface area contributed by atoms with Crippen LogP contribution in [0.3, 0.4) is 0 Å². The molecule has 2 N–H and O–H groups in total.